The minimum absolute atomic E-state index is 0.0652. The Labute approximate surface area is 137 Å². The van der Waals surface area contributed by atoms with Crippen molar-refractivity contribution in [3.63, 3.8) is 0 Å². The smallest absolute Gasteiger partial charge is 0.251 e. The topological polar surface area (TPSA) is 52.7 Å². The second kappa shape index (κ2) is 7.13. The van der Waals surface area contributed by atoms with E-state index in [1.165, 1.54) is 12.8 Å². The molecule has 23 heavy (non-hydrogen) atoms. The van der Waals surface area contributed by atoms with Crippen LogP contribution in [0, 0.1) is 0 Å². The normalized spacial score (nSPS) is 20.0. The van der Waals surface area contributed by atoms with Crippen molar-refractivity contribution in [2.45, 2.75) is 38.6 Å². The van der Waals surface area contributed by atoms with Crippen LogP contribution in [0.2, 0.25) is 0 Å². The molecule has 1 N–H and O–H groups in total. The van der Waals surface area contributed by atoms with E-state index in [1.54, 1.807) is 11.0 Å². The highest BCUT2D eigenvalue weighted by atomic mass is 16.2. The Morgan fingerprint density at radius 1 is 1.22 bits per heavy atom. The van der Waals surface area contributed by atoms with Crippen LogP contribution < -0.4 is 10.2 Å². The number of hydrogen-bond acceptors (Lipinski definition) is 3. The van der Waals surface area contributed by atoms with E-state index in [0.29, 0.717) is 24.6 Å². The molecule has 2 fully saturated rings. The van der Waals surface area contributed by atoms with Gasteiger partial charge in [-0.15, -0.1) is 0 Å². The van der Waals surface area contributed by atoms with Crippen molar-refractivity contribution in [2.75, 3.05) is 31.1 Å². The van der Waals surface area contributed by atoms with Crippen LogP contribution in [-0.4, -0.2) is 48.9 Å². The SMILES string of the molecule is C[C@@H](CNC(=O)c1cccc(N2CCCC2=O)c1)N1CCCC1. The van der Waals surface area contributed by atoms with Crippen molar-refractivity contribution >= 4 is 17.5 Å². The van der Waals surface area contributed by atoms with Crippen LogP contribution in [0.1, 0.15) is 43.0 Å². The van der Waals surface area contributed by atoms with Gasteiger partial charge >= 0.3 is 0 Å². The molecule has 0 aromatic heterocycles. The third kappa shape index (κ3) is 3.72. The van der Waals surface area contributed by atoms with Gasteiger partial charge in [0.15, 0.2) is 0 Å². The molecule has 1 atom stereocenters. The Balaban J connectivity index is 1.59. The van der Waals surface area contributed by atoms with Crippen LogP contribution in [0.4, 0.5) is 5.69 Å². The summed E-state index contributed by atoms with van der Waals surface area (Å²) >= 11 is 0. The first-order chi connectivity index (χ1) is 11.1. The summed E-state index contributed by atoms with van der Waals surface area (Å²) in [4.78, 5) is 28.4. The summed E-state index contributed by atoms with van der Waals surface area (Å²) in [6.07, 6.45) is 4.00. The molecule has 1 aromatic carbocycles. The second-order valence-corrected chi connectivity index (χ2v) is 6.50. The Kier molecular flexibility index (Phi) is 4.96. The number of benzene rings is 1. The van der Waals surface area contributed by atoms with Gasteiger partial charge in [-0.05, 0) is 57.5 Å². The molecular formula is C18H25N3O2. The predicted molar refractivity (Wildman–Crippen MR) is 90.6 cm³/mol. The minimum atomic E-state index is -0.0652. The van der Waals surface area contributed by atoms with Gasteiger partial charge in [-0.3, -0.25) is 14.5 Å². The highest BCUT2D eigenvalue weighted by Crippen LogP contribution is 2.22. The zero-order valence-corrected chi connectivity index (χ0v) is 13.8. The van der Waals surface area contributed by atoms with Gasteiger partial charge in [0.05, 0.1) is 0 Å². The zero-order valence-electron chi connectivity index (χ0n) is 13.8. The van der Waals surface area contributed by atoms with Crippen LogP contribution in [0.15, 0.2) is 24.3 Å². The lowest BCUT2D eigenvalue weighted by Crippen LogP contribution is -2.40. The number of rotatable bonds is 5. The third-order valence-corrected chi connectivity index (χ3v) is 4.82. The van der Waals surface area contributed by atoms with Crippen LogP contribution in [0.5, 0.6) is 0 Å². The largest absolute Gasteiger partial charge is 0.350 e. The molecule has 0 saturated carbocycles. The fraction of sp³-hybridized carbons (Fsp3) is 0.556. The van der Waals surface area contributed by atoms with Crippen LogP contribution in [0.3, 0.4) is 0 Å². The van der Waals surface area contributed by atoms with E-state index in [1.807, 2.05) is 18.2 Å². The molecule has 0 unspecified atom stereocenters. The summed E-state index contributed by atoms with van der Waals surface area (Å²) in [7, 11) is 0. The van der Waals surface area contributed by atoms with E-state index in [4.69, 9.17) is 0 Å². The van der Waals surface area contributed by atoms with Gasteiger partial charge < -0.3 is 10.2 Å². The van der Waals surface area contributed by atoms with Crippen LogP contribution in [-0.2, 0) is 4.79 Å². The fourth-order valence-electron chi connectivity index (χ4n) is 3.39. The van der Waals surface area contributed by atoms with Gasteiger partial charge in [0, 0.05) is 36.8 Å². The maximum absolute atomic E-state index is 12.4. The molecule has 5 nitrogen and oxygen atoms in total. The number of amides is 2. The monoisotopic (exact) mass is 315 g/mol. The minimum Gasteiger partial charge on any atom is -0.350 e. The van der Waals surface area contributed by atoms with Crippen molar-refractivity contribution in [3.05, 3.63) is 29.8 Å². The quantitative estimate of drug-likeness (QED) is 0.904. The van der Waals surface area contributed by atoms with Crippen molar-refractivity contribution in [3.8, 4) is 0 Å². The van der Waals surface area contributed by atoms with E-state index in [-0.39, 0.29) is 11.8 Å². The molecule has 1 aromatic rings. The Bertz CT molecular complexity index is 581. The molecule has 0 radical (unpaired) electrons. The number of nitrogens with zero attached hydrogens (tertiary/aromatic N) is 2. The number of carbonyl (C=O) groups excluding carboxylic acids is 2. The first-order valence-electron chi connectivity index (χ1n) is 8.58. The molecule has 5 heteroatoms. The summed E-state index contributed by atoms with van der Waals surface area (Å²) < 4.78 is 0. The summed E-state index contributed by atoms with van der Waals surface area (Å²) in [6.45, 7) is 5.82. The Morgan fingerprint density at radius 3 is 2.70 bits per heavy atom. The van der Waals surface area contributed by atoms with Gasteiger partial charge in [-0.25, -0.2) is 0 Å². The lowest BCUT2D eigenvalue weighted by Gasteiger charge is -2.24. The highest BCUT2D eigenvalue weighted by molar-refractivity contribution is 5.99. The number of nitrogens with one attached hydrogen (secondary N) is 1. The summed E-state index contributed by atoms with van der Waals surface area (Å²) in [5.41, 5.74) is 1.45. The predicted octanol–water partition coefficient (Wildman–Crippen LogP) is 2.03. The molecule has 2 saturated heterocycles. The standard InChI is InChI=1S/C18H25N3O2/c1-14(20-9-2-3-10-20)13-19-18(23)15-6-4-7-16(12-15)21-11-5-8-17(21)22/h4,6-7,12,14H,2-3,5,8-11,13H2,1H3,(H,19,23)/t14-/m0/s1. The summed E-state index contributed by atoms with van der Waals surface area (Å²) in [5, 5.41) is 3.02. The van der Waals surface area contributed by atoms with Gasteiger partial charge in [-0.2, -0.15) is 0 Å². The highest BCUT2D eigenvalue weighted by Gasteiger charge is 2.22. The third-order valence-electron chi connectivity index (χ3n) is 4.82. The van der Waals surface area contributed by atoms with E-state index in [2.05, 4.69) is 17.1 Å². The maximum Gasteiger partial charge on any atom is 0.251 e. The van der Waals surface area contributed by atoms with Crippen molar-refractivity contribution < 1.29 is 9.59 Å². The lowest BCUT2D eigenvalue weighted by molar-refractivity contribution is -0.117. The number of hydrogen-bond donors (Lipinski definition) is 1. The van der Waals surface area contributed by atoms with Crippen LogP contribution >= 0.6 is 0 Å². The van der Waals surface area contributed by atoms with Crippen molar-refractivity contribution in [1.29, 1.82) is 0 Å². The zero-order chi connectivity index (χ0) is 16.2. The van der Waals surface area contributed by atoms with Gasteiger partial charge in [-0.1, -0.05) is 6.07 Å². The van der Waals surface area contributed by atoms with E-state index >= 15 is 0 Å². The molecule has 0 spiro atoms. The first kappa shape index (κ1) is 16.0. The Morgan fingerprint density at radius 2 is 2.00 bits per heavy atom. The van der Waals surface area contributed by atoms with E-state index in [0.717, 1.165) is 31.7 Å². The van der Waals surface area contributed by atoms with Gasteiger partial charge in [0.1, 0.15) is 0 Å². The molecular weight excluding hydrogens is 290 g/mol. The van der Waals surface area contributed by atoms with Crippen molar-refractivity contribution in [2.24, 2.45) is 0 Å². The van der Waals surface area contributed by atoms with Gasteiger partial charge in [0.25, 0.3) is 5.91 Å². The number of anilines is 1. The second-order valence-electron chi connectivity index (χ2n) is 6.50. The molecule has 0 bridgehead atoms. The summed E-state index contributed by atoms with van der Waals surface area (Å²) in [5.74, 6) is 0.0785. The molecule has 3 rings (SSSR count). The van der Waals surface area contributed by atoms with Crippen molar-refractivity contribution in [1.82, 2.24) is 10.2 Å². The van der Waals surface area contributed by atoms with E-state index < -0.39 is 0 Å². The Hall–Kier alpha value is -1.88. The van der Waals surface area contributed by atoms with Crippen LogP contribution in [0.25, 0.3) is 0 Å². The summed E-state index contributed by atoms with van der Waals surface area (Å²) in [6, 6.07) is 7.73. The molecule has 2 aliphatic rings. The fourth-order valence-corrected chi connectivity index (χ4v) is 3.39. The first-order valence-corrected chi connectivity index (χ1v) is 8.58. The van der Waals surface area contributed by atoms with E-state index in [9.17, 15) is 9.59 Å². The average molecular weight is 315 g/mol. The number of carbonyl (C=O) groups is 2. The molecule has 2 aliphatic heterocycles. The van der Waals surface area contributed by atoms with Gasteiger partial charge in [0.2, 0.25) is 5.91 Å². The number of likely N-dealkylation sites (tertiary alicyclic amines) is 1. The molecule has 124 valence electrons. The molecule has 2 heterocycles. The lowest BCUT2D eigenvalue weighted by atomic mass is 10.1. The molecule has 0 aliphatic carbocycles. The maximum atomic E-state index is 12.4. The average Bonchev–Trinajstić information content (AvgIpc) is 3.24. The molecule has 2 amide bonds.